The summed E-state index contributed by atoms with van der Waals surface area (Å²) in [6, 6.07) is 22.7. The Hall–Kier alpha value is -5.03. The summed E-state index contributed by atoms with van der Waals surface area (Å²) in [6.45, 7) is 2.11. The lowest BCUT2D eigenvalue weighted by Gasteiger charge is -2.12. The van der Waals surface area contributed by atoms with Crippen molar-refractivity contribution in [1.29, 1.82) is 5.26 Å². The number of fused-ring (bicyclic) bond motifs is 1. The Morgan fingerprint density at radius 2 is 1.86 bits per heavy atom. The molecule has 0 saturated heterocycles. The van der Waals surface area contributed by atoms with Crippen LogP contribution in [0.4, 0.5) is 11.4 Å². The standard InChI is InChI=1S/C27H21N5O3/c1-18-24(27(33)29-16-23-8-5-13-34-23)17-32-26(18)25(19(14-28)15-30-32)31-20-9-11-22(12-10-20)35-21-6-3-2-4-7-21/h2-13,15,17,31H,16H2,1H3,(H,29,33). The van der Waals surface area contributed by atoms with Crippen molar-refractivity contribution in [1.82, 2.24) is 14.9 Å². The minimum atomic E-state index is -0.253. The van der Waals surface area contributed by atoms with Gasteiger partial charge in [0, 0.05) is 11.9 Å². The van der Waals surface area contributed by atoms with E-state index in [2.05, 4.69) is 21.8 Å². The Morgan fingerprint density at radius 1 is 1.09 bits per heavy atom. The molecule has 8 heteroatoms. The average molecular weight is 463 g/mol. The molecule has 2 aromatic carbocycles. The summed E-state index contributed by atoms with van der Waals surface area (Å²) in [6.07, 6.45) is 4.70. The molecule has 3 heterocycles. The van der Waals surface area contributed by atoms with Crippen LogP contribution in [0, 0.1) is 18.3 Å². The SMILES string of the molecule is Cc1c(C(=O)NCc2ccco2)cn2ncc(C#N)c(Nc3ccc(Oc4ccccc4)cc3)c12. The molecule has 35 heavy (non-hydrogen) atoms. The van der Waals surface area contributed by atoms with Crippen LogP contribution < -0.4 is 15.4 Å². The highest BCUT2D eigenvalue weighted by molar-refractivity contribution is 6.00. The number of nitrogens with zero attached hydrogens (tertiary/aromatic N) is 3. The number of nitriles is 1. The number of amides is 1. The predicted octanol–water partition coefficient (Wildman–Crippen LogP) is 5.57. The zero-order valence-electron chi connectivity index (χ0n) is 18.9. The largest absolute Gasteiger partial charge is 0.467 e. The number of para-hydroxylation sites is 1. The summed E-state index contributed by atoms with van der Waals surface area (Å²) in [5.41, 5.74) is 3.52. The molecule has 0 aliphatic heterocycles. The number of carbonyl (C=O) groups excluding carboxylic acids is 1. The van der Waals surface area contributed by atoms with Gasteiger partial charge in [-0.05, 0) is 61.0 Å². The second-order valence-corrected chi connectivity index (χ2v) is 7.83. The molecule has 1 amide bonds. The van der Waals surface area contributed by atoms with Gasteiger partial charge in [0.2, 0.25) is 0 Å². The Balaban J connectivity index is 1.42. The Kier molecular flexibility index (Phi) is 5.89. The van der Waals surface area contributed by atoms with Crippen molar-refractivity contribution in [2.75, 3.05) is 5.32 Å². The van der Waals surface area contributed by atoms with E-state index < -0.39 is 0 Å². The fourth-order valence-electron chi connectivity index (χ4n) is 3.78. The van der Waals surface area contributed by atoms with Crippen LogP contribution in [0.1, 0.15) is 27.2 Å². The van der Waals surface area contributed by atoms with E-state index in [4.69, 9.17) is 9.15 Å². The summed E-state index contributed by atoms with van der Waals surface area (Å²) in [4.78, 5) is 12.8. The van der Waals surface area contributed by atoms with Crippen LogP contribution in [0.25, 0.3) is 5.52 Å². The topological polar surface area (TPSA) is 105 Å². The van der Waals surface area contributed by atoms with Gasteiger partial charge >= 0.3 is 0 Å². The molecule has 0 fully saturated rings. The number of hydrogen-bond donors (Lipinski definition) is 2. The maximum atomic E-state index is 12.8. The van der Waals surface area contributed by atoms with Gasteiger partial charge in [-0.15, -0.1) is 0 Å². The van der Waals surface area contributed by atoms with E-state index in [1.807, 2.05) is 61.5 Å². The number of carbonyl (C=O) groups is 1. The van der Waals surface area contributed by atoms with Crippen LogP contribution in [-0.2, 0) is 6.54 Å². The van der Waals surface area contributed by atoms with Crippen molar-refractivity contribution in [2.45, 2.75) is 13.5 Å². The van der Waals surface area contributed by atoms with Crippen LogP contribution in [0.2, 0.25) is 0 Å². The van der Waals surface area contributed by atoms with Gasteiger partial charge in [0.05, 0.1) is 41.3 Å². The van der Waals surface area contributed by atoms with Crippen molar-refractivity contribution in [3.8, 4) is 17.6 Å². The van der Waals surface area contributed by atoms with E-state index in [1.54, 1.807) is 29.1 Å². The predicted molar refractivity (Wildman–Crippen MR) is 131 cm³/mol. The van der Waals surface area contributed by atoms with Crippen molar-refractivity contribution >= 4 is 22.8 Å². The van der Waals surface area contributed by atoms with E-state index >= 15 is 0 Å². The Labute approximate surface area is 201 Å². The smallest absolute Gasteiger partial charge is 0.253 e. The highest BCUT2D eigenvalue weighted by Crippen LogP contribution is 2.31. The average Bonchev–Trinajstić information content (AvgIpc) is 3.53. The molecule has 3 aromatic heterocycles. The van der Waals surface area contributed by atoms with E-state index in [0.717, 1.165) is 11.4 Å². The zero-order chi connectivity index (χ0) is 24.2. The third-order valence-corrected chi connectivity index (χ3v) is 5.53. The van der Waals surface area contributed by atoms with Gasteiger partial charge in [-0.25, -0.2) is 4.52 Å². The maximum Gasteiger partial charge on any atom is 0.253 e. The second kappa shape index (κ2) is 9.45. The molecule has 0 atom stereocenters. The normalized spacial score (nSPS) is 10.6. The van der Waals surface area contributed by atoms with Crippen LogP contribution in [0.5, 0.6) is 11.5 Å². The van der Waals surface area contributed by atoms with Gasteiger partial charge in [0.25, 0.3) is 5.91 Å². The first-order valence-corrected chi connectivity index (χ1v) is 10.9. The third-order valence-electron chi connectivity index (χ3n) is 5.53. The highest BCUT2D eigenvalue weighted by atomic mass is 16.5. The number of rotatable bonds is 7. The zero-order valence-corrected chi connectivity index (χ0v) is 18.9. The molecule has 0 bridgehead atoms. The summed E-state index contributed by atoms with van der Waals surface area (Å²) < 4.78 is 12.7. The van der Waals surface area contributed by atoms with Crippen LogP contribution in [0.3, 0.4) is 0 Å². The molecule has 0 aliphatic rings. The minimum Gasteiger partial charge on any atom is -0.467 e. The number of aromatic nitrogens is 2. The monoisotopic (exact) mass is 463 g/mol. The van der Waals surface area contributed by atoms with Crippen molar-refractivity contribution in [2.24, 2.45) is 0 Å². The summed E-state index contributed by atoms with van der Waals surface area (Å²) in [5, 5.41) is 20.2. The number of aryl methyl sites for hydroxylation is 1. The minimum absolute atomic E-state index is 0.253. The molecule has 0 aliphatic carbocycles. The number of hydrogen-bond acceptors (Lipinski definition) is 6. The van der Waals surface area contributed by atoms with Crippen molar-refractivity contribution in [3.05, 3.63) is 108 Å². The summed E-state index contributed by atoms with van der Waals surface area (Å²) in [7, 11) is 0. The number of furan rings is 1. The van der Waals surface area contributed by atoms with Gasteiger partial charge in [-0.1, -0.05) is 18.2 Å². The first kappa shape index (κ1) is 21.8. The molecule has 172 valence electrons. The fourth-order valence-corrected chi connectivity index (χ4v) is 3.78. The molecule has 5 rings (SSSR count). The lowest BCUT2D eigenvalue weighted by Crippen LogP contribution is -2.22. The van der Waals surface area contributed by atoms with E-state index in [-0.39, 0.29) is 12.5 Å². The molecule has 8 nitrogen and oxygen atoms in total. The molecule has 0 unspecified atom stereocenters. The molecule has 5 aromatic rings. The van der Waals surface area contributed by atoms with Gasteiger partial charge in [0.1, 0.15) is 23.3 Å². The molecule has 0 radical (unpaired) electrons. The van der Waals surface area contributed by atoms with Gasteiger partial charge in [-0.2, -0.15) is 10.4 Å². The van der Waals surface area contributed by atoms with Gasteiger partial charge in [0.15, 0.2) is 0 Å². The molecular weight excluding hydrogens is 442 g/mol. The summed E-state index contributed by atoms with van der Waals surface area (Å²) in [5.74, 6) is 1.84. The van der Waals surface area contributed by atoms with Gasteiger partial charge < -0.3 is 19.8 Å². The lowest BCUT2D eigenvalue weighted by atomic mass is 10.1. The first-order valence-electron chi connectivity index (χ1n) is 10.9. The fraction of sp³-hybridized carbons (Fsp3) is 0.0741. The number of benzene rings is 2. The molecule has 0 spiro atoms. The maximum absolute atomic E-state index is 12.8. The van der Waals surface area contributed by atoms with E-state index in [1.165, 1.54) is 6.20 Å². The second-order valence-electron chi connectivity index (χ2n) is 7.83. The van der Waals surface area contributed by atoms with E-state index in [9.17, 15) is 10.1 Å². The number of ether oxygens (including phenoxy) is 1. The van der Waals surface area contributed by atoms with E-state index in [0.29, 0.717) is 39.4 Å². The molecule has 0 saturated carbocycles. The highest BCUT2D eigenvalue weighted by Gasteiger charge is 2.20. The molecular formula is C27H21N5O3. The molecule has 2 N–H and O–H groups in total. The van der Waals surface area contributed by atoms with Crippen LogP contribution in [-0.4, -0.2) is 15.5 Å². The van der Waals surface area contributed by atoms with Crippen LogP contribution >= 0.6 is 0 Å². The Bertz CT molecular complexity index is 1520. The van der Waals surface area contributed by atoms with Crippen molar-refractivity contribution < 1.29 is 13.9 Å². The summed E-state index contributed by atoms with van der Waals surface area (Å²) >= 11 is 0. The quantitative estimate of drug-likeness (QED) is 0.327. The number of anilines is 2. The third kappa shape index (κ3) is 4.56. The van der Waals surface area contributed by atoms with Gasteiger partial charge in [-0.3, -0.25) is 4.79 Å². The Morgan fingerprint density at radius 3 is 2.57 bits per heavy atom. The van der Waals surface area contributed by atoms with Crippen LogP contribution in [0.15, 0.2) is 89.8 Å². The first-order chi connectivity index (χ1) is 17.1. The van der Waals surface area contributed by atoms with Crippen molar-refractivity contribution in [3.63, 3.8) is 0 Å². The lowest BCUT2D eigenvalue weighted by molar-refractivity contribution is 0.0947. The number of nitrogens with one attached hydrogen (secondary N) is 2.